The summed E-state index contributed by atoms with van der Waals surface area (Å²) in [4.78, 5) is 0. The van der Waals surface area contributed by atoms with Crippen LogP contribution in [0.4, 0.5) is 0 Å². The summed E-state index contributed by atoms with van der Waals surface area (Å²) in [5, 5.41) is 10.7. The molecule has 0 bridgehead atoms. The molecule has 1 aromatic rings. The van der Waals surface area contributed by atoms with Gasteiger partial charge >= 0.3 is 0 Å². The van der Waals surface area contributed by atoms with Crippen LogP contribution in [-0.2, 0) is 11.2 Å². The standard InChI is InChI=1S/C16H24O2/c1-12(2)15-6-4-14(5-7-15)10-16(17)8-9-18-11-13(16)3/h4-7,12-13,17H,8-11H2,1-3H3. The van der Waals surface area contributed by atoms with E-state index in [0.717, 1.165) is 12.8 Å². The van der Waals surface area contributed by atoms with Crippen LogP contribution in [0.15, 0.2) is 24.3 Å². The summed E-state index contributed by atoms with van der Waals surface area (Å²) in [6, 6.07) is 8.64. The van der Waals surface area contributed by atoms with Gasteiger partial charge in [0.2, 0.25) is 0 Å². The Bertz CT molecular complexity index is 383. The smallest absolute Gasteiger partial charge is 0.0757 e. The molecule has 2 atom stereocenters. The minimum absolute atomic E-state index is 0.205. The van der Waals surface area contributed by atoms with E-state index in [9.17, 15) is 5.11 Å². The molecule has 18 heavy (non-hydrogen) atoms. The Morgan fingerprint density at radius 2 is 2.00 bits per heavy atom. The summed E-state index contributed by atoms with van der Waals surface area (Å²) < 4.78 is 5.41. The first kappa shape index (κ1) is 13.6. The van der Waals surface area contributed by atoms with E-state index in [1.165, 1.54) is 11.1 Å². The van der Waals surface area contributed by atoms with Gasteiger partial charge in [-0.15, -0.1) is 0 Å². The van der Waals surface area contributed by atoms with Crippen LogP contribution in [0, 0.1) is 5.92 Å². The third-order valence-corrected chi connectivity index (χ3v) is 4.12. The van der Waals surface area contributed by atoms with Crippen molar-refractivity contribution in [2.45, 2.75) is 45.1 Å². The summed E-state index contributed by atoms with van der Waals surface area (Å²) >= 11 is 0. The normalized spacial score (nSPS) is 28.6. The highest BCUT2D eigenvalue weighted by Gasteiger charge is 2.36. The van der Waals surface area contributed by atoms with Crippen LogP contribution < -0.4 is 0 Å². The second-order valence-corrected chi connectivity index (χ2v) is 5.90. The van der Waals surface area contributed by atoms with Gasteiger partial charge in [0.05, 0.1) is 12.2 Å². The van der Waals surface area contributed by atoms with Crippen molar-refractivity contribution in [1.29, 1.82) is 0 Å². The van der Waals surface area contributed by atoms with Crippen molar-refractivity contribution in [2.75, 3.05) is 13.2 Å². The summed E-state index contributed by atoms with van der Waals surface area (Å²) in [7, 11) is 0. The minimum atomic E-state index is -0.600. The molecule has 0 aromatic heterocycles. The lowest BCUT2D eigenvalue weighted by Crippen LogP contribution is -2.45. The fourth-order valence-electron chi connectivity index (χ4n) is 2.55. The third kappa shape index (κ3) is 2.93. The maximum absolute atomic E-state index is 10.7. The predicted octanol–water partition coefficient (Wildman–Crippen LogP) is 3.14. The van der Waals surface area contributed by atoms with Crippen LogP contribution in [0.25, 0.3) is 0 Å². The lowest BCUT2D eigenvalue weighted by molar-refractivity contribution is -0.105. The molecule has 1 saturated heterocycles. The van der Waals surface area contributed by atoms with E-state index in [1.807, 2.05) is 0 Å². The molecule has 0 radical (unpaired) electrons. The molecule has 2 unspecified atom stereocenters. The zero-order chi connectivity index (χ0) is 13.2. The summed E-state index contributed by atoms with van der Waals surface area (Å²) in [5.74, 6) is 0.764. The lowest BCUT2D eigenvalue weighted by atomic mass is 9.80. The maximum atomic E-state index is 10.7. The Morgan fingerprint density at radius 3 is 2.56 bits per heavy atom. The van der Waals surface area contributed by atoms with Gasteiger partial charge in [-0.2, -0.15) is 0 Å². The molecule has 0 spiro atoms. The number of ether oxygens (including phenoxy) is 1. The molecule has 1 aliphatic rings. The molecule has 0 amide bonds. The fraction of sp³-hybridized carbons (Fsp3) is 0.625. The van der Waals surface area contributed by atoms with Gasteiger partial charge in [-0.05, 0) is 17.0 Å². The Morgan fingerprint density at radius 1 is 1.33 bits per heavy atom. The number of hydrogen-bond acceptors (Lipinski definition) is 2. The Hall–Kier alpha value is -0.860. The second-order valence-electron chi connectivity index (χ2n) is 5.90. The second kappa shape index (κ2) is 5.41. The van der Waals surface area contributed by atoms with E-state index in [-0.39, 0.29) is 5.92 Å². The minimum Gasteiger partial charge on any atom is -0.389 e. The summed E-state index contributed by atoms with van der Waals surface area (Å²) in [6.45, 7) is 7.80. The molecule has 1 fully saturated rings. The van der Waals surface area contributed by atoms with Crippen molar-refractivity contribution < 1.29 is 9.84 Å². The average molecular weight is 248 g/mol. The molecular weight excluding hydrogens is 224 g/mol. The Kier molecular flexibility index (Phi) is 4.08. The molecular formula is C16H24O2. The largest absolute Gasteiger partial charge is 0.389 e. The highest BCUT2D eigenvalue weighted by molar-refractivity contribution is 5.26. The van der Waals surface area contributed by atoms with E-state index in [4.69, 9.17) is 4.74 Å². The van der Waals surface area contributed by atoms with E-state index < -0.39 is 5.60 Å². The van der Waals surface area contributed by atoms with Crippen LogP contribution in [0.3, 0.4) is 0 Å². The van der Waals surface area contributed by atoms with Crippen molar-refractivity contribution in [3.63, 3.8) is 0 Å². The fourth-order valence-corrected chi connectivity index (χ4v) is 2.55. The van der Waals surface area contributed by atoms with Crippen molar-refractivity contribution in [3.8, 4) is 0 Å². The SMILES string of the molecule is CC(C)c1ccc(CC2(O)CCOCC2C)cc1. The first-order chi connectivity index (χ1) is 8.51. The molecule has 1 N–H and O–H groups in total. The van der Waals surface area contributed by atoms with E-state index in [2.05, 4.69) is 45.0 Å². The first-order valence-electron chi connectivity index (χ1n) is 6.90. The van der Waals surface area contributed by atoms with Crippen molar-refractivity contribution in [2.24, 2.45) is 5.92 Å². The number of rotatable bonds is 3. The summed E-state index contributed by atoms with van der Waals surface area (Å²) in [6.07, 6.45) is 1.47. The first-order valence-corrected chi connectivity index (χ1v) is 6.90. The van der Waals surface area contributed by atoms with Crippen molar-refractivity contribution in [1.82, 2.24) is 0 Å². The van der Waals surface area contributed by atoms with Gasteiger partial charge in [0.15, 0.2) is 0 Å². The topological polar surface area (TPSA) is 29.5 Å². The molecule has 100 valence electrons. The monoisotopic (exact) mass is 248 g/mol. The predicted molar refractivity (Wildman–Crippen MR) is 73.8 cm³/mol. The van der Waals surface area contributed by atoms with Crippen LogP contribution >= 0.6 is 0 Å². The Balaban J connectivity index is 2.08. The van der Waals surface area contributed by atoms with Crippen molar-refractivity contribution in [3.05, 3.63) is 35.4 Å². The van der Waals surface area contributed by atoms with Gasteiger partial charge in [0.1, 0.15) is 0 Å². The number of benzene rings is 1. The highest BCUT2D eigenvalue weighted by atomic mass is 16.5. The molecule has 0 saturated carbocycles. The molecule has 1 heterocycles. The van der Waals surface area contributed by atoms with Crippen molar-refractivity contribution >= 4 is 0 Å². The maximum Gasteiger partial charge on any atom is 0.0757 e. The zero-order valence-electron chi connectivity index (χ0n) is 11.6. The van der Waals surface area contributed by atoms with Crippen LogP contribution in [0.5, 0.6) is 0 Å². The lowest BCUT2D eigenvalue weighted by Gasteiger charge is -2.38. The number of hydrogen-bond donors (Lipinski definition) is 1. The Labute approximate surface area is 110 Å². The summed E-state index contributed by atoms with van der Waals surface area (Å²) in [5.41, 5.74) is 1.97. The zero-order valence-corrected chi connectivity index (χ0v) is 11.6. The van der Waals surface area contributed by atoms with Gasteiger partial charge in [-0.1, -0.05) is 45.0 Å². The van der Waals surface area contributed by atoms with Gasteiger partial charge in [0.25, 0.3) is 0 Å². The number of aliphatic hydroxyl groups is 1. The molecule has 2 heteroatoms. The van der Waals surface area contributed by atoms with Gasteiger partial charge < -0.3 is 9.84 Å². The molecule has 0 aliphatic carbocycles. The van der Waals surface area contributed by atoms with Gasteiger partial charge in [-0.3, -0.25) is 0 Å². The molecule has 1 aromatic carbocycles. The van der Waals surface area contributed by atoms with E-state index in [0.29, 0.717) is 19.1 Å². The average Bonchev–Trinajstić information content (AvgIpc) is 2.34. The van der Waals surface area contributed by atoms with E-state index >= 15 is 0 Å². The molecule has 2 rings (SSSR count). The molecule has 2 nitrogen and oxygen atoms in total. The quantitative estimate of drug-likeness (QED) is 0.890. The molecule has 1 aliphatic heterocycles. The third-order valence-electron chi connectivity index (χ3n) is 4.12. The van der Waals surface area contributed by atoms with Crippen LogP contribution in [0.1, 0.15) is 44.2 Å². The van der Waals surface area contributed by atoms with Gasteiger partial charge in [-0.25, -0.2) is 0 Å². The van der Waals surface area contributed by atoms with E-state index in [1.54, 1.807) is 0 Å². The van der Waals surface area contributed by atoms with Crippen LogP contribution in [0.2, 0.25) is 0 Å². The van der Waals surface area contributed by atoms with Crippen LogP contribution in [-0.4, -0.2) is 23.9 Å². The van der Waals surface area contributed by atoms with Gasteiger partial charge in [0, 0.05) is 25.4 Å². The highest BCUT2D eigenvalue weighted by Crippen LogP contribution is 2.30.